The van der Waals surface area contributed by atoms with Crippen LogP contribution in [0.4, 0.5) is 5.69 Å². The van der Waals surface area contributed by atoms with E-state index in [2.05, 4.69) is 15.3 Å². The Morgan fingerprint density at radius 1 is 1.32 bits per heavy atom. The van der Waals surface area contributed by atoms with E-state index in [0.717, 1.165) is 35.8 Å². The van der Waals surface area contributed by atoms with Gasteiger partial charge in [-0.25, -0.2) is 9.97 Å². The molecule has 0 saturated carbocycles. The van der Waals surface area contributed by atoms with Gasteiger partial charge in [-0.1, -0.05) is 23.9 Å². The fourth-order valence-electron chi connectivity index (χ4n) is 2.92. The van der Waals surface area contributed by atoms with Crippen LogP contribution in [0.15, 0.2) is 29.3 Å². The number of amides is 1. The minimum Gasteiger partial charge on any atom is -0.492 e. The van der Waals surface area contributed by atoms with Crippen molar-refractivity contribution < 1.29 is 9.53 Å². The monoisotopic (exact) mass is 357 g/mol. The minimum absolute atomic E-state index is 0.0554. The maximum absolute atomic E-state index is 12.6. The van der Waals surface area contributed by atoms with E-state index in [0.29, 0.717) is 18.0 Å². The highest BCUT2D eigenvalue weighted by atomic mass is 32.2. The van der Waals surface area contributed by atoms with Crippen molar-refractivity contribution in [3.8, 4) is 5.75 Å². The van der Waals surface area contributed by atoms with Crippen molar-refractivity contribution in [1.82, 2.24) is 9.97 Å². The Morgan fingerprint density at radius 3 is 2.92 bits per heavy atom. The number of nitrogens with one attached hydrogen (secondary N) is 1. The number of ether oxygens (including phenoxy) is 1. The quantitative estimate of drug-likeness (QED) is 0.629. The Labute approximate surface area is 152 Å². The predicted molar refractivity (Wildman–Crippen MR) is 100 cm³/mol. The van der Waals surface area contributed by atoms with Crippen molar-refractivity contribution in [2.75, 3.05) is 11.9 Å². The first-order chi connectivity index (χ1) is 12.1. The molecule has 5 nitrogen and oxygen atoms in total. The summed E-state index contributed by atoms with van der Waals surface area (Å²) in [7, 11) is 0. The van der Waals surface area contributed by atoms with Gasteiger partial charge in [0.15, 0.2) is 0 Å². The molecule has 0 radical (unpaired) electrons. The lowest BCUT2D eigenvalue weighted by molar-refractivity contribution is -0.115. The number of carbonyl (C=O) groups excluding carboxylic acids is 1. The van der Waals surface area contributed by atoms with Crippen molar-refractivity contribution in [3.05, 3.63) is 41.3 Å². The lowest BCUT2D eigenvalue weighted by Gasteiger charge is -2.16. The van der Waals surface area contributed by atoms with Crippen LogP contribution in [0.3, 0.4) is 0 Å². The molecule has 0 bridgehead atoms. The van der Waals surface area contributed by atoms with Crippen molar-refractivity contribution >= 4 is 23.4 Å². The lowest BCUT2D eigenvalue weighted by Crippen LogP contribution is -2.23. The molecule has 2 aromatic rings. The van der Waals surface area contributed by atoms with E-state index in [1.54, 1.807) is 0 Å². The Kier molecular flexibility index (Phi) is 5.58. The molecule has 132 valence electrons. The second-order valence-corrected chi connectivity index (χ2v) is 7.36. The standard InChI is InChI=1S/C19H23N3O2S/c1-4-24-17-11-6-5-9-16(17)22-18(23)12(2)25-19-14-8-7-10-15(14)20-13(3)21-19/h5-6,9,11-12H,4,7-8,10H2,1-3H3,(H,22,23)/t12-/m1/s1. The molecule has 0 spiro atoms. The normalized spacial score (nSPS) is 14.0. The Morgan fingerprint density at radius 2 is 2.12 bits per heavy atom. The Bertz CT molecular complexity index is 779. The maximum Gasteiger partial charge on any atom is 0.237 e. The van der Waals surface area contributed by atoms with Crippen LogP contribution >= 0.6 is 11.8 Å². The first-order valence-electron chi connectivity index (χ1n) is 8.64. The molecular formula is C19H23N3O2S. The van der Waals surface area contributed by atoms with E-state index in [1.807, 2.05) is 45.0 Å². The molecule has 1 aromatic heterocycles. The number of hydrogen-bond acceptors (Lipinski definition) is 5. The number of aryl methyl sites for hydroxylation is 2. The van der Waals surface area contributed by atoms with Gasteiger partial charge in [-0.15, -0.1) is 0 Å². The summed E-state index contributed by atoms with van der Waals surface area (Å²) in [4.78, 5) is 21.7. The van der Waals surface area contributed by atoms with E-state index in [-0.39, 0.29) is 11.2 Å². The van der Waals surface area contributed by atoms with Crippen molar-refractivity contribution in [2.24, 2.45) is 0 Å². The van der Waals surface area contributed by atoms with Gasteiger partial charge in [-0.05, 0) is 52.2 Å². The second kappa shape index (κ2) is 7.87. The number of benzene rings is 1. The number of thioether (sulfide) groups is 1. The molecule has 1 heterocycles. The number of carbonyl (C=O) groups is 1. The van der Waals surface area contributed by atoms with Crippen LogP contribution in [0, 0.1) is 6.92 Å². The molecule has 0 fully saturated rings. The van der Waals surface area contributed by atoms with Gasteiger partial charge in [-0.3, -0.25) is 4.79 Å². The zero-order valence-corrected chi connectivity index (χ0v) is 15.7. The Hall–Kier alpha value is -2.08. The highest BCUT2D eigenvalue weighted by Crippen LogP contribution is 2.32. The van der Waals surface area contributed by atoms with Crippen molar-refractivity contribution in [2.45, 2.75) is 50.3 Å². The number of nitrogens with zero attached hydrogens (tertiary/aromatic N) is 2. The maximum atomic E-state index is 12.6. The Balaban J connectivity index is 1.72. The molecule has 1 amide bonds. The third kappa shape index (κ3) is 4.12. The molecule has 3 rings (SSSR count). The van der Waals surface area contributed by atoms with Gasteiger partial charge in [0.25, 0.3) is 0 Å². The summed E-state index contributed by atoms with van der Waals surface area (Å²) in [5.41, 5.74) is 3.06. The largest absolute Gasteiger partial charge is 0.492 e. The van der Waals surface area contributed by atoms with Crippen LogP contribution in [-0.4, -0.2) is 27.7 Å². The summed E-state index contributed by atoms with van der Waals surface area (Å²) in [5.74, 6) is 1.41. The van der Waals surface area contributed by atoms with Crippen molar-refractivity contribution in [3.63, 3.8) is 0 Å². The fraction of sp³-hybridized carbons (Fsp3) is 0.421. The van der Waals surface area contributed by atoms with Gasteiger partial charge in [0, 0.05) is 11.3 Å². The summed E-state index contributed by atoms with van der Waals surface area (Å²) < 4.78 is 5.57. The summed E-state index contributed by atoms with van der Waals surface area (Å²) in [6, 6.07) is 7.49. The first kappa shape index (κ1) is 17.7. The molecule has 0 saturated heterocycles. The summed E-state index contributed by atoms with van der Waals surface area (Å²) >= 11 is 1.51. The molecule has 0 aliphatic heterocycles. The molecule has 1 aromatic carbocycles. The van der Waals surface area contributed by atoms with Gasteiger partial charge in [0.2, 0.25) is 5.91 Å². The third-order valence-electron chi connectivity index (χ3n) is 4.11. The number of para-hydroxylation sites is 2. The van der Waals surface area contributed by atoms with Crippen LogP contribution in [-0.2, 0) is 17.6 Å². The molecule has 0 unspecified atom stereocenters. The number of aromatic nitrogens is 2. The molecule has 1 N–H and O–H groups in total. The molecule has 1 aliphatic rings. The summed E-state index contributed by atoms with van der Waals surface area (Å²) in [5, 5.41) is 3.66. The number of fused-ring (bicyclic) bond motifs is 1. The van der Waals surface area contributed by atoms with Crippen LogP contribution in [0.25, 0.3) is 0 Å². The zero-order valence-electron chi connectivity index (χ0n) is 14.8. The van der Waals surface area contributed by atoms with Crippen LogP contribution < -0.4 is 10.1 Å². The average molecular weight is 357 g/mol. The molecule has 6 heteroatoms. The molecule has 1 atom stereocenters. The van der Waals surface area contributed by atoms with Crippen LogP contribution in [0.1, 0.15) is 37.4 Å². The number of rotatable bonds is 6. The highest BCUT2D eigenvalue weighted by Gasteiger charge is 2.23. The van der Waals surface area contributed by atoms with Gasteiger partial charge in [-0.2, -0.15) is 0 Å². The highest BCUT2D eigenvalue weighted by molar-refractivity contribution is 8.00. The van der Waals surface area contributed by atoms with Gasteiger partial charge < -0.3 is 10.1 Å². The zero-order chi connectivity index (χ0) is 17.8. The first-order valence-corrected chi connectivity index (χ1v) is 9.52. The van der Waals surface area contributed by atoms with E-state index < -0.39 is 0 Å². The van der Waals surface area contributed by atoms with Gasteiger partial charge in [0.1, 0.15) is 16.6 Å². The molecule has 25 heavy (non-hydrogen) atoms. The van der Waals surface area contributed by atoms with Crippen LogP contribution in [0.2, 0.25) is 0 Å². The lowest BCUT2D eigenvalue weighted by atomic mass is 10.3. The van der Waals surface area contributed by atoms with E-state index in [9.17, 15) is 4.79 Å². The second-order valence-electron chi connectivity index (χ2n) is 6.03. The topological polar surface area (TPSA) is 64.1 Å². The minimum atomic E-state index is -0.256. The van der Waals surface area contributed by atoms with E-state index >= 15 is 0 Å². The van der Waals surface area contributed by atoms with E-state index in [1.165, 1.54) is 17.3 Å². The number of hydrogen-bond donors (Lipinski definition) is 1. The third-order valence-corrected chi connectivity index (χ3v) is 5.24. The van der Waals surface area contributed by atoms with Gasteiger partial charge in [0.05, 0.1) is 17.5 Å². The average Bonchev–Trinajstić information content (AvgIpc) is 3.05. The van der Waals surface area contributed by atoms with Gasteiger partial charge >= 0.3 is 0 Å². The fourth-order valence-corrected chi connectivity index (χ4v) is 3.97. The smallest absolute Gasteiger partial charge is 0.237 e. The molecular weight excluding hydrogens is 334 g/mol. The van der Waals surface area contributed by atoms with Crippen LogP contribution in [0.5, 0.6) is 5.75 Å². The summed E-state index contributed by atoms with van der Waals surface area (Å²) in [6.07, 6.45) is 3.12. The SMILES string of the molecule is CCOc1ccccc1NC(=O)[C@@H](C)Sc1nc(C)nc2c1CCC2. The predicted octanol–water partition coefficient (Wildman–Crippen LogP) is 3.79. The summed E-state index contributed by atoms with van der Waals surface area (Å²) in [6.45, 7) is 6.30. The number of anilines is 1. The van der Waals surface area contributed by atoms with E-state index in [4.69, 9.17) is 4.74 Å². The molecule has 1 aliphatic carbocycles. The van der Waals surface area contributed by atoms with Crippen molar-refractivity contribution in [1.29, 1.82) is 0 Å².